The molecule has 0 spiro atoms. The molecule has 0 radical (unpaired) electrons. The number of alkyl halides is 12. The van der Waals surface area contributed by atoms with Gasteiger partial charge in [0.25, 0.3) is 0 Å². The zero-order valence-electron chi connectivity index (χ0n) is 20.4. The maximum atomic E-state index is 6.19. The first-order valence-corrected chi connectivity index (χ1v) is 21.1. The Hall–Kier alpha value is 0.996. The molecule has 0 saturated carbocycles. The monoisotopic (exact) mass is 841 g/mol. The Kier molecular flexibility index (Phi) is 11.1. The van der Waals surface area contributed by atoms with Crippen LogP contribution in [0.1, 0.15) is 22.3 Å². The molecular weight excluding hydrogens is 831 g/mol. The van der Waals surface area contributed by atoms with E-state index in [9.17, 15) is 0 Å². The van der Waals surface area contributed by atoms with Gasteiger partial charge in [0.2, 0.25) is 0 Å². The number of rotatable bonds is 4. The van der Waals surface area contributed by atoms with E-state index in [1.165, 1.54) is 0 Å². The molecule has 0 nitrogen and oxygen atoms in total. The molecule has 0 aliphatic carbocycles. The van der Waals surface area contributed by atoms with Crippen molar-refractivity contribution in [1.29, 1.82) is 0 Å². The standard InChI is InChI=1S/4C7H4Cl3.Ga/c4*8-7(9,10)6-4-2-1-3-5-6;/h4*2-5H;/q;;;;-1. The summed E-state index contributed by atoms with van der Waals surface area (Å²) in [7, 11) is 0. The third kappa shape index (κ3) is 7.87. The van der Waals surface area contributed by atoms with Crippen LogP contribution in [0.2, 0.25) is 0 Å². The van der Waals surface area contributed by atoms with Crippen LogP contribution in [0.25, 0.3) is 0 Å². The van der Waals surface area contributed by atoms with Crippen molar-refractivity contribution in [1.82, 2.24) is 0 Å². The second-order valence-corrected chi connectivity index (χ2v) is 27.7. The fourth-order valence-corrected chi connectivity index (χ4v) is 17.8. The van der Waals surface area contributed by atoms with Crippen molar-refractivity contribution in [2.45, 2.75) is 15.2 Å². The van der Waals surface area contributed by atoms with Crippen LogP contribution in [0.5, 0.6) is 0 Å². The molecule has 4 aromatic rings. The first-order valence-electron chi connectivity index (χ1n) is 11.7. The predicted molar refractivity (Wildman–Crippen MR) is 187 cm³/mol. The SMILES string of the molecule is ClC(Cl)(Cl)c1cc[c]([Ga-]([c]2ccc(C(Cl)(Cl)Cl)cc2)([c]2ccc(C(Cl)(Cl)Cl)cc2)[c]2ccc(C(Cl)(Cl)Cl)cc2)cc1. The molecule has 13 heteroatoms. The number of benzene rings is 4. The normalized spacial score (nSPS) is 13.4. The molecule has 0 aliphatic rings. The van der Waals surface area contributed by atoms with Gasteiger partial charge in [-0.3, -0.25) is 0 Å². The Labute approximate surface area is 301 Å². The zero-order chi connectivity index (χ0) is 30.4. The van der Waals surface area contributed by atoms with Gasteiger partial charge in [-0.05, 0) is 0 Å². The van der Waals surface area contributed by atoms with E-state index in [1.54, 1.807) is 48.5 Å². The number of hydrogen-bond acceptors (Lipinski definition) is 0. The topological polar surface area (TPSA) is 0 Å². The summed E-state index contributed by atoms with van der Waals surface area (Å²) in [6.07, 6.45) is 0. The van der Waals surface area contributed by atoms with Crippen molar-refractivity contribution < 1.29 is 0 Å². The Balaban J connectivity index is 2.09. The van der Waals surface area contributed by atoms with Crippen molar-refractivity contribution in [3.05, 3.63) is 119 Å². The van der Waals surface area contributed by atoms with E-state index in [2.05, 4.69) is 0 Å². The summed E-state index contributed by atoms with van der Waals surface area (Å²) in [5.74, 6) is 0. The van der Waals surface area contributed by atoms with Crippen LogP contribution < -0.4 is 16.5 Å². The Bertz CT molecular complexity index is 1240. The molecule has 4 aromatic carbocycles. The van der Waals surface area contributed by atoms with E-state index in [-0.39, 0.29) is 0 Å². The molecule has 0 N–H and O–H groups in total. The third-order valence-corrected chi connectivity index (χ3v) is 21.2. The van der Waals surface area contributed by atoms with Crippen LogP contribution in [0.15, 0.2) is 97.1 Å². The average molecular weight is 848 g/mol. The van der Waals surface area contributed by atoms with Gasteiger partial charge in [0, 0.05) is 0 Å². The molecule has 0 unspecified atom stereocenters. The molecule has 0 fully saturated rings. The molecule has 0 saturated heterocycles. The van der Waals surface area contributed by atoms with Crippen molar-refractivity contribution in [2.24, 2.45) is 0 Å². The van der Waals surface area contributed by atoms with Crippen LogP contribution >= 0.6 is 139 Å². The van der Waals surface area contributed by atoms with Gasteiger partial charge in [-0.25, -0.2) is 0 Å². The van der Waals surface area contributed by atoms with Crippen LogP contribution in [0.4, 0.5) is 0 Å². The van der Waals surface area contributed by atoms with Gasteiger partial charge in [-0.1, -0.05) is 0 Å². The molecule has 216 valence electrons. The number of halogens is 12. The Morgan fingerprint density at radius 3 is 0.537 bits per heavy atom. The minimum atomic E-state index is -4.15. The zero-order valence-corrected chi connectivity index (χ0v) is 31.8. The van der Waals surface area contributed by atoms with Gasteiger partial charge < -0.3 is 0 Å². The van der Waals surface area contributed by atoms with Crippen molar-refractivity contribution in [3.63, 3.8) is 0 Å². The summed E-state index contributed by atoms with van der Waals surface area (Å²) >= 11 is 70.1. The van der Waals surface area contributed by atoms with Gasteiger partial charge in [0.1, 0.15) is 0 Å². The second-order valence-electron chi connectivity index (χ2n) is 9.35. The second kappa shape index (κ2) is 13.0. The fraction of sp³-hybridized carbons (Fsp3) is 0.143. The quantitative estimate of drug-likeness (QED) is 0.142. The Morgan fingerprint density at radius 2 is 0.415 bits per heavy atom. The molecule has 0 aliphatic heterocycles. The molecule has 41 heavy (non-hydrogen) atoms. The predicted octanol–water partition coefficient (Wildman–Crippen LogP) is 10.4. The van der Waals surface area contributed by atoms with Crippen molar-refractivity contribution >= 4 is 171 Å². The van der Waals surface area contributed by atoms with Crippen LogP contribution in [0, 0.1) is 0 Å². The first-order chi connectivity index (χ1) is 18.8. The summed E-state index contributed by atoms with van der Waals surface area (Å²) < 4.78 is -2.30. The van der Waals surface area contributed by atoms with E-state index < -0.39 is 30.2 Å². The third-order valence-electron chi connectivity index (χ3n) is 6.95. The van der Waals surface area contributed by atoms with Crippen molar-refractivity contribution in [3.8, 4) is 0 Å². The van der Waals surface area contributed by atoms with Crippen LogP contribution in [0.3, 0.4) is 0 Å². The average Bonchev–Trinajstić information content (AvgIpc) is 2.88. The van der Waals surface area contributed by atoms with Gasteiger partial charge >= 0.3 is 305 Å². The van der Waals surface area contributed by atoms with Gasteiger partial charge in [-0.2, -0.15) is 0 Å². The molecule has 0 amide bonds. The molecule has 0 bridgehead atoms. The Morgan fingerprint density at radius 1 is 0.268 bits per heavy atom. The van der Waals surface area contributed by atoms with Gasteiger partial charge in [0.05, 0.1) is 0 Å². The van der Waals surface area contributed by atoms with Crippen LogP contribution in [-0.4, -0.2) is 15.0 Å². The minimum absolute atomic E-state index is 0.523. The van der Waals surface area contributed by atoms with Crippen LogP contribution in [-0.2, 0) is 15.2 Å². The van der Waals surface area contributed by atoms with Gasteiger partial charge in [0.15, 0.2) is 0 Å². The van der Waals surface area contributed by atoms with E-state index in [0.29, 0.717) is 22.3 Å². The molecule has 0 heterocycles. The summed E-state index contributed by atoms with van der Waals surface area (Å²) in [5.41, 5.74) is 2.09. The summed E-state index contributed by atoms with van der Waals surface area (Å²) in [5, 5.41) is 0. The van der Waals surface area contributed by atoms with E-state index in [4.69, 9.17) is 139 Å². The fourth-order valence-electron chi connectivity index (χ4n) is 5.00. The molecule has 4 rings (SSSR count). The van der Waals surface area contributed by atoms with E-state index >= 15 is 0 Å². The number of hydrogen-bond donors (Lipinski definition) is 0. The summed E-state index contributed by atoms with van der Waals surface area (Å²) in [6, 6.07) is 30.2. The summed E-state index contributed by atoms with van der Waals surface area (Å²) in [4.78, 5) is 0. The van der Waals surface area contributed by atoms with Gasteiger partial charge in [-0.15, -0.1) is 0 Å². The van der Waals surface area contributed by atoms with Crippen molar-refractivity contribution in [2.75, 3.05) is 0 Å². The molecule has 0 aromatic heterocycles. The molecule has 0 atom stereocenters. The summed E-state index contributed by atoms with van der Waals surface area (Å²) in [6.45, 7) is 0. The van der Waals surface area contributed by atoms with E-state index in [0.717, 1.165) is 16.5 Å². The maximum absolute atomic E-state index is 6.19. The van der Waals surface area contributed by atoms with E-state index in [1.807, 2.05) is 48.5 Å². The molecular formula is C28H16Cl12Ga-. The first kappa shape index (κ1) is 34.9.